The summed E-state index contributed by atoms with van der Waals surface area (Å²) >= 11 is 0. The van der Waals surface area contributed by atoms with Crippen molar-refractivity contribution in [3.63, 3.8) is 0 Å². The largest absolute Gasteiger partial charge is 0.297 e. The van der Waals surface area contributed by atoms with E-state index < -0.39 is 0 Å². The minimum Gasteiger partial charge on any atom is -0.297 e. The summed E-state index contributed by atoms with van der Waals surface area (Å²) in [4.78, 5) is 2.53. The number of rotatable bonds is 2. The zero-order chi connectivity index (χ0) is 10.1. The lowest BCUT2D eigenvalue weighted by Crippen LogP contribution is -2.47. The van der Waals surface area contributed by atoms with Crippen LogP contribution in [0.1, 0.15) is 34.1 Å². The number of nitrogens with zero attached hydrogens (tertiary/aromatic N) is 1. The van der Waals surface area contributed by atoms with Gasteiger partial charge in [0.25, 0.3) is 0 Å². The van der Waals surface area contributed by atoms with E-state index in [0.29, 0.717) is 11.5 Å². The minimum atomic E-state index is 0.468. The summed E-state index contributed by atoms with van der Waals surface area (Å²) in [7, 11) is 0. The molecule has 1 heterocycles. The van der Waals surface area contributed by atoms with E-state index in [4.69, 9.17) is 0 Å². The standard InChI is InChI=1S/C12H23N/c1-6-11(3)13-8-7-10(2)12(4,5)9-13/h6,10-11H,1,7-9H2,2-5H3. The monoisotopic (exact) mass is 181 g/mol. The molecule has 0 aromatic rings. The molecule has 1 aliphatic rings. The lowest BCUT2D eigenvalue weighted by molar-refractivity contribution is 0.0522. The molecule has 1 rings (SSSR count). The van der Waals surface area contributed by atoms with Gasteiger partial charge in [-0.3, -0.25) is 4.90 Å². The topological polar surface area (TPSA) is 3.24 Å². The van der Waals surface area contributed by atoms with Gasteiger partial charge in [-0.25, -0.2) is 0 Å². The van der Waals surface area contributed by atoms with Crippen molar-refractivity contribution in [3.8, 4) is 0 Å². The van der Waals surface area contributed by atoms with Crippen molar-refractivity contribution in [3.05, 3.63) is 12.7 Å². The zero-order valence-corrected chi connectivity index (χ0v) is 9.51. The molecule has 1 fully saturated rings. The summed E-state index contributed by atoms with van der Waals surface area (Å²) < 4.78 is 0. The Kier molecular flexibility index (Phi) is 3.18. The van der Waals surface area contributed by atoms with Crippen LogP contribution >= 0.6 is 0 Å². The highest BCUT2D eigenvalue weighted by molar-refractivity contribution is 4.91. The molecular weight excluding hydrogens is 158 g/mol. The molecular formula is C12H23N. The fraction of sp³-hybridized carbons (Fsp3) is 0.833. The molecule has 0 aromatic heterocycles. The van der Waals surface area contributed by atoms with Gasteiger partial charge in [0.15, 0.2) is 0 Å². The van der Waals surface area contributed by atoms with E-state index >= 15 is 0 Å². The third kappa shape index (κ3) is 2.34. The number of piperidine rings is 1. The Labute approximate surface area is 82.8 Å². The summed E-state index contributed by atoms with van der Waals surface area (Å²) in [6, 6.07) is 0.534. The van der Waals surface area contributed by atoms with Crippen LogP contribution < -0.4 is 0 Å². The molecule has 1 saturated heterocycles. The van der Waals surface area contributed by atoms with Gasteiger partial charge in [-0.05, 0) is 31.2 Å². The first-order valence-electron chi connectivity index (χ1n) is 5.34. The third-order valence-corrected chi connectivity index (χ3v) is 3.71. The molecule has 1 heteroatoms. The summed E-state index contributed by atoms with van der Waals surface area (Å²) in [6.07, 6.45) is 3.37. The lowest BCUT2D eigenvalue weighted by Gasteiger charge is -2.44. The number of hydrogen-bond acceptors (Lipinski definition) is 1. The van der Waals surface area contributed by atoms with Crippen LogP contribution in [0.25, 0.3) is 0 Å². The Morgan fingerprint density at radius 1 is 1.54 bits per heavy atom. The van der Waals surface area contributed by atoms with Gasteiger partial charge in [0.1, 0.15) is 0 Å². The molecule has 13 heavy (non-hydrogen) atoms. The van der Waals surface area contributed by atoms with Crippen molar-refractivity contribution in [2.45, 2.75) is 40.2 Å². The van der Waals surface area contributed by atoms with Crippen LogP contribution in [-0.4, -0.2) is 24.0 Å². The van der Waals surface area contributed by atoms with E-state index in [1.165, 1.54) is 19.5 Å². The Bertz CT molecular complexity index is 184. The molecule has 0 aliphatic carbocycles. The van der Waals surface area contributed by atoms with Crippen LogP contribution in [0.3, 0.4) is 0 Å². The Morgan fingerprint density at radius 2 is 2.15 bits per heavy atom. The summed E-state index contributed by atoms with van der Waals surface area (Å²) in [5.41, 5.74) is 0.468. The van der Waals surface area contributed by atoms with Crippen LogP contribution in [0.2, 0.25) is 0 Å². The molecule has 0 amide bonds. The van der Waals surface area contributed by atoms with Crippen LogP contribution in [0.15, 0.2) is 12.7 Å². The molecule has 0 bridgehead atoms. The SMILES string of the molecule is C=CC(C)N1CCC(C)C(C)(C)C1. The van der Waals surface area contributed by atoms with E-state index in [1.807, 2.05) is 6.08 Å². The quantitative estimate of drug-likeness (QED) is 0.592. The van der Waals surface area contributed by atoms with Crippen LogP contribution in [-0.2, 0) is 0 Å². The van der Waals surface area contributed by atoms with Crippen molar-refractivity contribution in [1.29, 1.82) is 0 Å². The molecule has 0 spiro atoms. The zero-order valence-electron chi connectivity index (χ0n) is 9.51. The maximum absolute atomic E-state index is 3.86. The molecule has 2 atom stereocenters. The Balaban J connectivity index is 2.60. The molecule has 1 nitrogen and oxygen atoms in total. The predicted octanol–water partition coefficient (Wildman–Crippen LogP) is 2.93. The second kappa shape index (κ2) is 3.83. The van der Waals surface area contributed by atoms with E-state index in [0.717, 1.165) is 5.92 Å². The van der Waals surface area contributed by atoms with Crippen LogP contribution in [0.5, 0.6) is 0 Å². The van der Waals surface area contributed by atoms with Gasteiger partial charge in [0.05, 0.1) is 0 Å². The summed E-state index contributed by atoms with van der Waals surface area (Å²) in [5, 5.41) is 0. The van der Waals surface area contributed by atoms with E-state index in [9.17, 15) is 0 Å². The molecule has 0 saturated carbocycles. The highest BCUT2D eigenvalue weighted by atomic mass is 15.2. The maximum Gasteiger partial charge on any atom is 0.0247 e. The Morgan fingerprint density at radius 3 is 2.62 bits per heavy atom. The fourth-order valence-corrected chi connectivity index (χ4v) is 2.01. The smallest absolute Gasteiger partial charge is 0.0247 e. The Hall–Kier alpha value is -0.300. The summed E-state index contributed by atoms with van der Waals surface area (Å²) in [6.45, 7) is 15.7. The van der Waals surface area contributed by atoms with Gasteiger partial charge in [-0.15, -0.1) is 6.58 Å². The predicted molar refractivity (Wildman–Crippen MR) is 58.8 cm³/mol. The van der Waals surface area contributed by atoms with Gasteiger partial charge < -0.3 is 0 Å². The highest BCUT2D eigenvalue weighted by Crippen LogP contribution is 2.34. The molecule has 2 unspecified atom stereocenters. The normalized spacial score (nSPS) is 31.2. The van der Waals surface area contributed by atoms with Crippen molar-refractivity contribution in [2.75, 3.05) is 13.1 Å². The number of likely N-dealkylation sites (tertiary alicyclic amines) is 1. The third-order valence-electron chi connectivity index (χ3n) is 3.71. The van der Waals surface area contributed by atoms with E-state index in [-0.39, 0.29) is 0 Å². The second-order valence-electron chi connectivity index (χ2n) is 5.13. The van der Waals surface area contributed by atoms with Crippen molar-refractivity contribution in [2.24, 2.45) is 11.3 Å². The number of hydrogen-bond donors (Lipinski definition) is 0. The van der Waals surface area contributed by atoms with Crippen LogP contribution in [0.4, 0.5) is 0 Å². The summed E-state index contributed by atoms with van der Waals surface area (Å²) in [5.74, 6) is 0.848. The first kappa shape index (κ1) is 10.8. The maximum atomic E-state index is 3.86. The van der Waals surface area contributed by atoms with Gasteiger partial charge in [-0.2, -0.15) is 0 Å². The average Bonchev–Trinajstić information content (AvgIpc) is 2.08. The molecule has 0 aromatic carbocycles. The molecule has 0 radical (unpaired) electrons. The molecule has 1 aliphatic heterocycles. The second-order valence-corrected chi connectivity index (χ2v) is 5.13. The van der Waals surface area contributed by atoms with Gasteiger partial charge in [-0.1, -0.05) is 26.8 Å². The van der Waals surface area contributed by atoms with Crippen LogP contribution in [0, 0.1) is 11.3 Å². The molecule has 0 N–H and O–H groups in total. The van der Waals surface area contributed by atoms with Crippen molar-refractivity contribution >= 4 is 0 Å². The van der Waals surface area contributed by atoms with Crippen molar-refractivity contribution in [1.82, 2.24) is 4.90 Å². The van der Waals surface area contributed by atoms with Gasteiger partial charge >= 0.3 is 0 Å². The first-order chi connectivity index (χ1) is 5.97. The average molecular weight is 181 g/mol. The minimum absolute atomic E-state index is 0.468. The lowest BCUT2D eigenvalue weighted by atomic mass is 9.75. The van der Waals surface area contributed by atoms with E-state index in [2.05, 4.69) is 39.2 Å². The van der Waals surface area contributed by atoms with Crippen molar-refractivity contribution < 1.29 is 0 Å². The van der Waals surface area contributed by atoms with Gasteiger partial charge in [0, 0.05) is 12.6 Å². The van der Waals surface area contributed by atoms with E-state index in [1.54, 1.807) is 0 Å². The fourth-order valence-electron chi connectivity index (χ4n) is 2.01. The van der Waals surface area contributed by atoms with Gasteiger partial charge in [0.2, 0.25) is 0 Å². The first-order valence-corrected chi connectivity index (χ1v) is 5.34. The highest BCUT2D eigenvalue weighted by Gasteiger charge is 2.33. The molecule has 76 valence electrons.